The molecule has 1 aromatic rings. The second kappa shape index (κ2) is 5.92. The Morgan fingerprint density at radius 3 is 2.69 bits per heavy atom. The van der Waals surface area contributed by atoms with Crippen molar-refractivity contribution in [2.24, 2.45) is 5.73 Å². The Balaban J connectivity index is 2.38. The zero-order chi connectivity index (χ0) is 12.0. The summed E-state index contributed by atoms with van der Waals surface area (Å²) in [6, 6.07) is 6.11. The summed E-state index contributed by atoms with van der Waals surface area (Å²) in [6.45, 7) is 1.77. The predicted octanol–water partition coefficient (Wildman–Crippen LogP) is 1.30. The molecule has 0 fully saturated rings. The highest BCUT2D eigenvalue weighted by molar-refractivity contribution is 5.75. The van der Waals surface area contributed by atoms with Gasteiger partial charge in [0.25, 0.3) is 0 Å². The van der Waals surface area contributed by atoms with Crippen molar-refractivity contribution in [1.29, 1.82) is 0 Å². The van der Waals surface area contributed by atoms with Gasteiger partial charge in [0.05, 0.1) is 0 Å². The average Bonchev–Trinajstić information content (AvgIpc) is 2.26. The van der Waals surface area contributed by atoms with Crippen molar-refractivity contribution in [3.63, 3.8) is 0 Å². The second-order valence-corrected chi connectivity index (χ2v) is 3.41. The molecule has 0 aliphatic rings. The van der Waals surface area contributed by atoms with Crippen molar-refractivity contribution in [2.45, 2.75) is 13.0 Å². The highest BCUT2D eigenvalue weighted by Gasteiger charge is 2.06. The quantitative estimate of drug-likeness (QED) is 0.751. The molecule has 1 unspecified atom stereocenters. The first-order valence-electron chi connectivity index (χ1n) is 4.97. The topological polar surface area (TPSA) is 72.6 Å². The highest BCUT2D eigenvalue weighted by Crippen LogP contribution is 2.10. The number of hydrogen-bond donors (Lipinski definition) is 2. The average molecular weight is 221 g/mol. The molecule has 0 radical (unpaired) electrons. The smallest absolute Gasteiger partial charge is 0.322 e. The van der Waals surface area contributed by atoms with E-state index >= 15 is 0 Å². The normalized spacial score (nSPS) is 12.6. The number of ether oxygens (including phenoxy) is 1. The van der Waals surface area contributed by atoms with Gasteiger partial charge in [0.15, 0.2) is 0 Å². The number of carbonyl (C=O) groups excluding carboxylic acids is 1. The zero-order valence-corrected chi connectivity index (χ0v) is 9.09. The lowest BCUT2D eigenvalue weighted by Gasteiger charge is -2.03. The molecule has 3 N–H and O–H groups in total. The fourth-order valence-corrected chi connectivity index (χ4v) is 1.03. The van der Waals surface area contributed by atoms with Crippen LogP contribution in [-0.2, 0) is 9.53 Å². The minimum Gasteiger partial charge on any atom is -0.508 e. The maximum Gasteiger partial charge on any atom is 0.322 e. The summed E-state index contributed by atoms with van der Waals surface area (Å²) in [5.74, 6) is -0.198. The third-order valence-corrected chi connectivity index (χ3v) is 1.90. The standard InChI is InChI=1S/C12H15NO3/c1-9(13)12(15)16-8-2-3-10-4-6-11(14)7-5-10/h2-7,9,14H,8,13H2,1H3/b3-2+. The SMILES string of the molecule is CC(N)C(=O)OC/C=C/c1ccc(O)cc1. The van der Waals surface area contributed by atoms with Crippen molar-refractivity contribution in [2.75, 3.05) is 6.61 Å². The first kappa shape index (κ1) is 12.3. The van der Waals surface area contributed by atoms with E-state index in [1.54, 1.807) is 43.3 Å². The minimum absolute atomic E-state index is 0.196. The molecular formula is C12H15NO3. The molecule has 1 atom stereocenters. The number of esters is 1. The zero-order valence-electron chi connectivity index (χ0n) is 9.09. The van der Waals surface area contributed by atoms with Gasteiger partial charge in [0.1, 0.15) is 18.4 Å². The molecule has 0 heterocycles. The lowest BCUT2D eigenvalue weighted by atomic mass is 10.2. The van der Waals surface area contributed by atoms with Crippen LogP contribution in [0.1, 0.15) is 12.5 Å². The fraction of sp³-hybridized carbons (Fsp3) is 0.250. The molecule has 16 heavy (non-hydrogen) atoms. The van der Waals surface area contributed by atoms with Crippen LogP contribution in [0.3, 0.4) is 0 Å². The Labute approximate surface area is 94.3 Å². The summed E-state index contributed by atoms with van der Waals surface area (Å²) in [4.78, 5) is 11.0. The third-order valence-electron chi connectivity index (χ3n) is 1.90. The van der Waals surface area contributed by atoms with Crippen LogP contribution in [0.5, 0.6) is 5.75 Å². The largest absolute Gasteiger partial charge is 0.508 e. The van der Waals surface area contributed by atoms with E-state index < -0.39 is 12.0 Å². The van der Waals surface area contributed by atoms with Crippen LogP contribution in [-0.4, -0.2) is 23.7 Å². The monoisotopic (exact) mass is 221 g/mol. The third kappa shape index (κ3) is 4.14. The number of phenols is 1. The molecule has 0 amide bonds. The number of carbonyl (C=O) groups is 1. The molecule has 0 saturated heterocycles. The first-order chi connectivity index (χ1) is 7.59. The molecule has 0 aliphatic carbocycles. The molecule has 1 rings (SSSR count). The van der Waals surface area contributed by atoms with E-state index in [0.717, 1.165) is 5.56 Å². The Morgan fingerprint density at radius 2 is 2.12 bits per heavy atom. The summed E-state index contributed by atoms with van der Waals surface area (Å²) in [7, 11) is 0. The summed E-state index contributed by atoms with van der Waals surface area (Å²) in [6.07, 6.45) is 3.51. The number of nitrogens with two attached hydrogens (primary N) is 1. The Bertz CT molecular complexity index is 368. The molecule has 0 saturated carbocycles. The molecule has 0 spiro atoms. The van der Waals surface area contributed by atoms with Gasteiger partial charge in [0.2, 0.25) is 0 Å². The van der Waals surface area contributed by atoms with E-state index in [1.165, 1.54) is 0 Å². The van der Waals surface area contributed by atoms with Gasteiger partial charge < -0.3 is 15.6 Å². The summed E-state index contributed by atoms with van der Waals surface area (Å²) in [5.41, 5.74) is 6.25. The van der Waals surface area contributed by atoms with Crippen LogP contribution in [0.4, 0.5) is 0 Å². The van der Waals surface area contributed by atoms with Crippen LogP contribution >= 0.6 is 0 Å². The Hall–Kier alpha value is -1.81. The molecular weight excluding hydrogens is 206 g/mol. The number of rotatable bonds is 4. The van der Waals surface area contributed by atoms with E-state index in [9.17, 15) is 4.79 Å². The Kier molecular flexibility index (Phi) is 4.54. The molecule has 4 nitrogen and oxygen atoms in total. The number of aromatic hydroxyl groups is 1. The maximum absolute atomic E-state index is 11.0. The molecule has 4 heteroatoms. The number of hydrogen-bond acceptors (Lipinski definition) is 4. The van der Waals surface area contributed by atoms with Crippen molar-refractivity contribution in [3.05, 3.63) is 35.9 Å². The van der Waals surface area contributed by atoms with E-state index in [2.05, 4.69) is 0 Å². The van der Waals surface area contributed by atoms with E-state index in [0.29, 0.717) is 0 Å². The van der Waals surface area contributed by atoms with Gasteiger partial charge in [-0.3, -0.25) is 4.79 Å². The minimum atomic E-state index is -0.595. The van der Waals surface area contributed by atoms with Gasteiger partial charge in [-0.05, 0) is 30.7 Å². The number of benzene rings is 1. The van der Waals surface area contributed by atoms with E-state index in [-0.39, 0.29) is 12.4 Å². The summed E-state index contributed by atoms with van der Waals surface area (Å²) >= 11 is 0. The lowest BCUT2D eigenvalue weighted by Crippen LogP contribution is -2.28. The second-order valence-electron chi connectivity index (χ2n) is 3.41. The molecule has 0 aromatic heterocycles. The van der Waals surface area contributed by atoms with E-state index in [1.807, 2.05) is 0 Å². The van der Waals surface area contributed by atoms with Gasteiger partial charge in [-0.25, -0.2) is 0 Å². The lowest BCUT2D eigenvalue weighted by molar-refractivity contribution is -0.143. The molecule has 86 valence electrons. The first-order valence-corrected chi connectivity index (χ1v) is 4.97. The van der Waals surface area contributed by atoms with Crippen molar-refractivity contribution in [1.82, 2.24) is 0 Å². The molecule has 0 bridgehead atoms. The van der Waals surface area contributed by atoms with Gasteiger partial charge in [-0.1, -0.05) is 18.2 Å². The van der Waals surface area contributed by atoms with E-state index in [4.69, 9.17) is 15.6 Å². The van der Waals surface area contributed by atoms with Crippen LogP contribution in [0.25, 0.3) is 6.08 Å². The Morgan fingerprint density at radius 1 is 1.50 bits per heavy atom. The van der Waals surface area contributed by atoms with Crippen LogP contribution in [0.15, 0.2) is 30.3 Å². The summed E-state index contributed by atoms with van der Waals surface area (Å²) in [5, 5.41) is 9.05. The van der Waals surface area contributed by atoms with Gasteiger partial charge in [-0.15, -0.1) is 0 Å². The van der Waals surface area contributed by atoms with Crippen LogP contribution in [0, 0.1) is 0 Å². The molecule has 1 aromatic carbocycles. The van der Waals surface area contributed by atoms with Gasteiger partial charge in [0, 0.05) is 0 Å². The van der Waals surface area contributed by atoms with Crippen LogP contribution in [0.2, 0.25) is 0 Å². The van der Waals surface area contributed by atoms with Gasteiger partial charge in [-0.2, -0.15) is 0 Å². The fourth-order valence-electron chi connectivity index (χ4n) is 1.03. The molecule has 0 aliphatic heterocycles. The summed E-state index contributed by atoms with van der Waals surface area (Å²) < 4.78 is 4.85. The van der Waals surface area contributed by atoms with Crippen molar-refractivity contribution < 1.29 is 14.6 Å². The van der Waals surface area contributed by atoms with Crippen molar-refractivity contribution in [3.8, 4) is 5.75 Å². The highest BCUT2D eigenvalue weighted by atomic mass is 16.5. The van der Waals surface area contributed by atoms with Gasteiger partial charge >= 0.3 is 5.97 Å². The maximum atomic E-state index is 11.0. The predicted molar refractivity (Wildman–Crippen MR) is 61.7 cm³/mol. The van der Waals surface area contributed by atoms with Crippen molar-refractivity contribution >= 4 is 12.0 Å². The van der Waals surface area contributed by atoms with Crippen LogP contribution < -0.4 is 5.73 Å². The number of phenolic OH excluding ortho intramolecular Hbond substituents is 1.